The van der Waals surface area contributed by atoms with Crippen molar-refractivity contribution in [2.24, 2.45) is 13.0 Å². The molecule has 0 saturated carbocycles. The summed E-state index contributed by atoms with van der Waals surface area (Å²) in [4.78, 5) is 0.379. The predicted octanol–water partition coefficient (Wildman–Crippen LogP) is 2.24. The molecule has 0 unspecified atom stereocenters. The van der Waals surface area contributed by atoms with E-state index in [0.717, 1.165) is 17.8 Å². The zero-order valence-corrected chi connectivity index (χ0v) is 15.6. The van der Waals surface area contributed by atoms with Crippen LogP contribution in [0.1, 0.15) is 31.7 Å². The second-order valence-corrected chi connectivity index (χ2v) is 9.01. The van der Waals surface area contributed by atoms with Crippen LogP contribution < -0.4 is 4.57 Å². The van der Waals surface area contributed by atoms with E-state index < -0.39 is 10.0 Å². The monoisotopic (exact) mass is 348 g/mol. The third-order valence-corrected chi connectivity index (χ3v) is 6.60. The third kappa shape index (κ3) is 3.13. The highest BCUT2D eigenvalue weighted by molar-refractivity contribution is 7.89. The lowest BCUT2D eigenvalue weighted by Crippen LogP contribution is -2.50. The molecule has 1 atom stereocenters. The maximum absolute atomic E-state index is 13.2. The number of benzene rings is 1. The van der Waals surface area contributed by atoms with Gasteiger partial charge in [-0.2, -0.15) is 4.31 Å². The van der Waals surface area contributed by atoms with Gasteiger partial charge in [0.15, 0.2) is 0 Å². The van der Waals surface area contributed by atoms with Gasteiger partial charge in [0.2, 0.25) is 10.0 Å². The molecule has 24 heavy (non-hydrogen) atoms. The summed E-state index contributed by atoms with van der Waals surface area (Å²) in [5.41, 5.74) is 1.06. The molecule has 3 rings (SSSR count). The molecule has 0 saturated heterocycles. The Bertz CT molecular complexity index is 822. The number of hydrogen-bond donors (Lipinski definition) is 0. The summed E-state index contributed by atoms with van der Waals surface area (Å²) in [5, 5.41) is 0. The summed E-state index contributed by atoms with van der Waals surface area (Å²) in [6.45, 7) is 7.37. The van der Waals surface area contributed by atoms with Gasteiger partial charge in [-0.15, -0.1) is 0 Å². The van der Waals surface area contributed by atoms with Crippen LogP contribution in [0, 0.1) is 12.8 Å². The molecule has 2 aromatic rings. The van der Waals surface area contributed by atoms with E-state index in [1.54, 1.807) is 16.4 Å². The molecule has 1 aliphatic rings. The van der Waals surface area contributed by atoms with Gasteiger partial charge in [-0.1, -0.05) is 31.5 Å². The highest BCUT2D eigenvalue weighted by atomic mass is 32.2. The van der Waals surface area contributed by atoms with E-state index in [9.17, 15) is 8.42 Å². The van der Waals surface area contributed by atoms with Crippen LogP contribution in [0.3, 0.4) is 0 Å². The number of rotatable bonds is 4. The van der Waals surface area contributed by atoms with Crippen molar-refractivity contribution in [3.8, 4) is 0 Å². The van der Waals surface area contributed by atoms with E-state index in [2.05, 4.69) is 18.4 Å². The lowest BCUT2D eigenvalue weighted by atomic mass is 10.0. The number of aromatic nitrogens is 2. The fraction of sp³-hybridized carbons (Fsp3) is 0.500. The number of sulfonamides is 1. The average molecular weight is 348 g/mol. The van der Waals surface area contributed by atoms with Gasteiger partial charge in [0.05, 0.1) is 18.0 Å². The molecule has 1 aromatic carbocycles. The Morgan fingerprint density at radius 1 is 1.25 bits per heavy atom. The highest BCUT2D eigenvalue weighted by Crippen LogP contribution is 2.28. The fourth-order valence-electron chi connectivity index (χ4n) is 3.37. The zero-order valence-electron chi connectivity index (χ0n) is 14.8. The van der Waals surface area contributed by atoms with E-state index in [1.807, 2.05) is 43.1 Å². The topological polar surface area (TPSA) is 46.2 Å². The van der Waals surface area contributed by atoms with Crippen LogP contribution in [0.4, 0.5) is 0 Å². The van der Waals surface area contributed by atoms with E-state index in [1.165, 1.54) is 0 Å². The Kier molecular flexibility index (Phi) is 4.53. The van der Waals surface area contributed by atoms with Crippen LogP contribution >= 0.6 is 0 Å². The first-order chi connectivity index (χ1) is 11.3. The highest BCUT2D eigenvalue weighted by Gasteiger charge is 2.40. The molecule has 6 heteroatoms. The molecule has 1 aromatic heterocycles. The third-order valence-electron chi connectivity index (χ3n) is 4.69. The normalized spacial score (nSPS) is 18.8. The van der Waals surface area contributed by atoms with Gasteiger partial charge in [-0.05, 0) is 31.4 Å². The van der Waals surface area contributed by atoms with Gasteiger partial charge in [0.1, 0.15) is 25.5 Å². The summed E-state index contributed by atoms with van der Waals surface area (Å²) in [5.74, 6) is 1.46. The van der Waals surface area contributed by atoms with Crippen molar-refractivity contribution in [3.05, 3.63) is 48.0 Å². The summed E-state index contributed by atoms with van der Waals surface area (Å²) in [7, 11) is -1.54. The first kappa shape index (κ1) is 17.2. The van der Waals surface area contributed by atoms with Crippen LogP contribution in [0.25, 0.3) is 0 Å². The summed E-state index contributed by atoms with van der Waals surface area (Å²) in [6, 6.07) is 7.12. The molecule has 0 fully saturated rings. The lowest BCUT2D eigenvalue weighted by molar-refractivity contribution is -0.680. The second kappa shape index (κ2) is 6.33. The molecule has 2 heterocycles. The van der Waals surface area contributed by atoms with Crippen molar-refractivity contribution >= 4 is 10.0 Å². The molecule has 0 bridgehead atoms. The van der Waals surface area contributed by atoms with Crippen LogP contribution in [0.2, 0.25) is 0 Å². The zero-order chi connectivity index (χ0) is 17.5. The van der Waals surface area contributed by atoms with Crippen LogP contribution in [0.15, 0.2) is 41.6 Å². The van der Waals surface area contributed by atoms with Gasteiger partial charge in [-0.3, -0.25) is 0 Å². The van der Waals surface area contributed by atoms with E-state index in [4.69, 9.17) is 0 Å². The van der Waals surface area contributed by atoms with E-state index in [-0.39, 0.29) is 6.04 Å². The number of hydrogen-bond acceptors (Lipinski definition) is 2. The maximum Gasteiger partial charge on any atom is 0.271 e. The molecule has 130 valence electrons. The van der Waals surface area contributed by atoms with Crippen molar-refractivity contribution in [2.45, 2.75) is 51.2 Å². The fourth-order valence-corrected chi connectivity index (χ4v) is 4.95. The minimum absolute atomic E-state index is 0.0174. The molecular formula is C18H26N3O2S+. The number of fused-ring (bicyclic) bond motifs is 1. The number of imidazole rings is 1. The molecule has 1 aliphatic heterocycles. The van der Waals surface area contributed by atoms with Crippen molar-refractivity contribution in [3.63, 3.8) is 0 Å². The SMILES string of the molecule is Cc1ccc(S(=O)(=O)N2Cc3n(cc[n+]3C)C[C@H]2CC(C)C)cc1. The van der Waals surface area contributed by atoms with Crippen LogP contribution in [-0.2, 0) is 30.2 Å². The van der Waals surface area contributed by atoms with Gasteiger partial charge in [0, 0.05) is 0 Å². The summed E-state index contributed by atoms with van der Waals surface area (Å²) < 4.78 is 32.3. The Hall–Kier alpha value is -1.66. The van der Waals surface area contributed by atoms with Crippen molar-refractivity contribution in [1.29, 1.82) is 0 Å². The Morgan fingerprint density at radius 3 is 2.54 bits per heavy atom. The second-order valence-electron chi connectivity index (χ2n) is 7.12. The predicted molar refractivity (Wildman–Crippen MR) is 92.8 cm³/mol. The Labute approximate surface area is 144 Å². The largest absolute Gasteiger partial charge is 0.271 e. The minimum atomic E-state index is -3.50. The first-order valence-electron chi connectivity index (χ1n) is 8.41. The molecule has 5 nitrogen and oxygen atoms in total. The summed E-state index contributed by atoms with van der Waals surface area (Å²) >= 11 is 0. The van der Waals surface area contributed by atoms with Crippen molar-refractivity contribution < 1.29 is 13.0 Å². The van der Waals surface area contributed by atoms with Crippen LogP contribution in [-0.4, -0.2) is 23.3 Å². The number of aryl methyl sites for hydroxylation is 2. The van der Waals surface area contributed by atoms with E-state index in [0.29, 0.717) is 23.9 Å². The average Bonchev–Trinajstić information content (AvgIpc) is 2.87. The van der Waals surface area contributed by atoms with E-state index >= 15 is 0 Å². The quantitative estimate of drug-likeness (QED) is 0.796. The number of nitrogens with zero attached hydrogens (tertiary/aromatic N) is 3. The first-order valence-corrected chi connectivity index (χ1v) is 9.85. The van der Waals surface area contributed by atoms with Crippen molar-refractivity contribution in [1.82, 2.24) is 8.87 Å². The van der Waals surface area contributed by atoms with Gasteiger partial charge >= 0.3 is 0 Å². The molecule has 0 radical (unpaired) electrons. The van der Waals surface area contributed by atoms with Gasteiger partial charge in [0.25, 0.3) is 5.82 Å². The summed E-state index contributed by atoms with van der Waals surface area (Å²) in [6.07, 6.45) is 4.88. The van der Waals surface area contributed by atoms with Crippen LogP contribution in [0.5, 0.6) is 0 Å². The Balaban J connectivity index is 2.01. The molecular weight excluding hydrogens is 322 g/mol. The Morgan fingerprint density at radius 2 is 1.92 bits per heavy atom. The molecule has 0 N–H and O–H groups in total. The molecule has 0 spiro atoms. The smallest absolute Gasteiger partial charge is 0.236 e. The van der Waals surface area contributed by atoms with Gasteiger partial charge < -0.3 is 0 Å². The lowest BCUT2D eigenvalue weighted by Gasteiger charge is -2.33. The molecule has 0 aliphatic carbocycles. The van der Waals surface area contributed by atoms with Crippen molar-refractivity contribution in [2.75, 3.05) is 0 Å². The standard InChI is InChI=1S/C18H26N3O2S/c1-14(2)11-16-12-20-10-9-19(4)18(20)13-21(16)24(22,23)17-7-5-15(3)6-8-17/h5-10,14,16H,11-13H2,1-4H3/q+1/t16-/m1/s1. The molecule has 0 amide bonds. The minimum Gasteiger partial charge on any atom is -0.236 e. The van der Waals surface area contributed by atoms with Gasteiger partial charge in [-0.25, -0.2) is 17.6 Å². The maximum atomic E-state index is 13.2.